The summed E-state index contributed by atoms with van der Waals surface area (Å²) < 4.78 is 0. The molecule has 4 nitrogen and oxygen atoms in total. The van der Waals surface area contributed by atoms with Crippen molar-refractivity contribution in [1.82, 2.24) is 4.90 Å². The van der Waals surface area contributed by atoms with Gasteiger partial charge in [-0.2, -0.15) is 0 Å². The van der Waals surface area contributed by atoms with E-state index >= 15 is 0 Å². The van der Waals surface area contributed by atoms with Gasteiger partial charge in [-0.1, -0.05) is 12.2 Å². The Morgan fingerprint density at radius 1 is 1.40 bits per heavy atom. The molecule has 0 aliphatic carbocycles. The van der Waals surface area contributed by atoms with Gasteiger partial charge in [0.25, 0.3) is 0 Å². The Labute approximate surface area is 89.6 Å². The van der Waals surface area contributed by atoms with Crippen molar-refractivity contribution in [2.24, 2.45) is 5.41 Å². The molecule has 1 heterocycles. The fourth-order valence-corrected chi connectivity index (χ4v) is 1.43. The molecule has 0 saturated carbocycles. The minimum Gasteiger partial charge on any atom is -0.481 e. The molecule has 1 amide bonds. The van der Waals surface area contributed by atoms with Gasteiger partial charge in [0.05, 0.1) is 5.41 Å². The van der Waals surface area contributed by atoms with Crippen LogP contribution in [0.2, 0.25) is 0 Å². The molecule has 0 bridgehead atoms. The van der Waals surface area contributed by atoms with E-state index in [9.17, 15) is 9.59 Å². The lowest BCUT2D eigenvalue weighted by atomic mass is 9.89. The maximum atomic E-state index is 11.7. The zero-order valence-corrected chi connectivity index (χ0v) is 9.19. The molecular weight excluding hydrogens is 194 g/mol. The molecule has 0 fully saturated rings. The molecule has 0 atom stereocenters. The number of carboxylic acid groups (broad SMARTS) is 1. The molecule has 15 heavy (non-hydrogen) atoms. The van der Waals surface area contributed by atoms with Crippen molar-refractivity contribution in [1.29, 1.82) is 0 Å². The van der Waals surface area contributed by atoms with Crippen molar-refractivity contribution < 1.29 is 14.7 Å². The maximum Gasteiger partial charge on any atom is 0.309 e. The van der Waals surface area contributed by atoms with Crippen LogP contribution in [0, 0.1) is 5.41 Å². The largest absolute Gasteiger partial charge is 0.481 e. The fraction of sp³-hybridized carbons (Fsp3) is 0.636. The van der Waals surface area contributed by atoms with Crippen molar-refractivity contribution in [3.8, 4) is 0 Å². The van der Waals surface area contributed by atoms with Gasteiger partial charge in [-0.05, 0) is 20.3 Å². The summed E-state index contributed by atoms with van der Waals surface area (Å²) in [5.41, 5.74) is -0.974. The van der Waals surface area contributed by atoms with Crippen LogP contribution >= 0.6 is 0 Å². The summed E-state index contributed by atoms with van der Waals surface area (Å²) in [5.74, 6) is -1.00. The van der Waals surface area contributed by atoms with Gasteiger partial charge in [0, 0.05) is 19.5 Å². The molecule has 0 aromatic carbocycles. The molecule has 1 rings (SSSR count). The van der Waals surface area contributed by atoms with Crippen LogP contribution in [0.5, 0.6) is 0 Å². The number of aliphatic carboxylic acids is 1. The summed E-state index contributed by atoms with van der Waals surface area (Å²) in [7, 11) is 0. The second-order valence-electron chi connectivity index (χ2n) is 4.47. The van der Waals surface area contributed by atoms with Crippen molar-refractivity contribution >= 4 is 11.9 Å². The van der Waals surface area contributed by atoms with Crippen molar-refractivity contribution in [3.63, 3.8) is 0 Å². The normalized spacial score (nSPS) is 16.5. The molecule has 0 saturated heterocycles. The molecule has 1 aliphatic heterocycles. The first kappa shape index (κ1) is 11.8. The van der Waals surface area contributed by atoms with E-state index in [-0.39, 0.29) is 12.3 Å². The summed E-state index contributed by atoms with van der Waals surface area (Å²) in [4.78, 5) is 24.3. The van der Waals surface area contributed by atoms with Crippen LogP contribution in [0.3, 0.4) is 0 Å². The van der Waals surface area contributed by atoms with Crippen LogP contribution in [-0.4, -0.2) is 35.0 Å². The number of hydrogen-bond donors (Lipinski definition) is 1. The van der Waals surface area contributed by atoms with Gasteiger partial charge in [-0.25, -0.2) is 0 Å². The molecule has 0 spiro atoms. The van der Waals surface area contributed by atoms with E-state index in [1.165, 1.54) is 0 Å². The number of carboxylic acids is 1. The van der Waals surface area contributed by atoms with Crippen molar-refractivity contribution in [2.45, 2.75) is 26.7 Å². The topological polar surface area (TPSA) is 57.6 Å². The Hall–Kier alpha value is -1.32. The Balaban J connectivity index is 2.55. The van der Waals surface area contributed by atoms with Crippen LogP contribution in [0.4, 0.5) is 0 Å². The Morgan fingerprint density at radius 3 is 2.53 bits per heavy atom. The Kier molecular flexibility index (Phi) is 3.50. The lowest BCUT2D eigenvalue weighted by Gasteiger charge is -2.27. The average molecular weight is 211 g/mol. The Morgan fingerprint density at radius 2 is 2.07 bits per heavy atom. The number of amides is 1. The maximum absolute atomic E-state index is 11.7. The van der Waals surface area contributed by atoms with Crippen molar-refractivity contribution in [2.75, 3.05) is 13.1 Å². The third-order valence-corrected chi connectivity index (χ3v) is 2.58. The number of carbonyl (C=O) groups is 2. The molecule has 84 valence electrons. The van der Waals surface area contributed by atoms with Gasteiger partial charge in [0.2, 0.25) is 5.91 Å². The van der Waals surface area contributed by atoms with Gasteiger partial charge >= 0.3 is 5.97 Å². The summed E-state index contributed by atoms with van der Waals surface area (Å²) in [6, 6.07) is 0. The third-order valence-electron chi connectivity index (χ3n) is 2.58. The summed E-state index contributed by atoms with van der Waals surface area (Å²) in [6.45, 7) is 4.46. The molecule has 0 radical (unpaired) electrons. The summed E-state index contributed by atoms with van der Waals surface area (Å²) in [5, 5.41) is 8.90. The lowest BCUT2D eigenvalue weighted by Crippen LogP contribution is -2.38. The molecule has 0 aromatic heterocycles. The van der Waals surface area contributed by atoms with Crippen LogP contribution in [-0.2, 0) is 9.59 Å². The predicted octanol–water partition coefficient (Wildman–Crippen LogP) is 1.28. The minimum atomic E-state index is -0.974. The van der Waals surface area contributed by atoms with E-state index in [0.29, 0.717) is 13.1 Å². The minimum absolute atomic E-state index is 0.0656. The molecular formula is C11H17NO3. The SMILES string of the molecule is CC(C)(CC(=O)N1CC=CCC1)C(=O)O. The highest BCUT2D eigenvalue weighted by molar-refractivity contribution is 5.84. The average Bonchev–Trinajstić information content (AvgIpc) is 2.18. The zero-order valence-electron chi connectivity index (χ0n) is 9.19. The number of rotatable bonds is 3. The molecule has 4 heteroatoms. The quantitative estimate of drug-likeness (QED) is 0.715. The summed E-state index contributed by atoms with van der Waals surface area (Å²) in [6.07, 6.45) is 4.90. The smallest absolute Gasteiger partial charge is 0.309 e. The molecule has 1 aliphatic rings. The second kappa shape index (κ2) is 4.47. The number of hydrogen-bond acceptors (Lipinski definition) is 2. The first-order valence-corrected chi connectivity index (χ1v) is 5.09. The van der Waals surface area contributed by atoms with E-state index < -0.39 is 11.4 Å². The van der Waals surface area contributed by atoms with Crippen LogP contribution in [0.25, 0.3) is 0 Å². The van der Waals surface area contributed by atoms with Gasteiger partial charge in [-0.15, -0.1) is 0 Å². The highest BCUT2D eigenvalue weighted by Crippen LogP contribution is 2.22. The van der Waals surface area contributed by atoms with E-state index in [0.717, 1.165) is 6.42 Å². The third kappa shape index (κ3) is 3.08. The molecule has 1 N–H and O–H groups in total. The first-order valence-electron chi connectivity index (χ1n) is 5.09. The van der Waals surface area contributed by atoms with E-state index in [4.69, 9.17) is 5.11 Å². The monoisotopic (exact) mass is 211 g/mol. The highest BCUT2D eigenvalue weighted by Gasteiger charge is 2.31. The first-order chi connectivity index (χ1) is 6.93. The second-order valence-corrected chi connectivity index (χ2v) is 4.47. The Bertz CT molecular complexity index is 294. The fourth-order valence-electron chi connectivity index (χ4n) is 1.43. The predicted molar refractivity (Wildman–Crippen MR) is 56.4 cm³/mol. The highest BCUT2D eigenvalue weighted by atomic mass is 16.4. The standard InChI is InChI=1S/C11H17NO3/c1-11(2,10(14)15)8-9(13)12-6-4-3-5-7-12/h3-4H,5-8H2,1-2H3,(H,14,15). The number of carbonyl (C=O) groups excluding carboxylic acids is 1. The van der Waals surface area contributed by atoms with Crippen LogP contribution < -0.4 is 0 Å². The van der Waals surface area contributed by atoms with Crippen LogP contribution in [0.15, 0.2) is 12.2 Å². The van der Waals surface area contributed by atoms with Crippen LogP contribution in [0.1, 0.15) is 26.7 Å². The van der Waals surface area contributed by atoms with E-state index in [2.05, 4.69) is 0 Å². The summed E-state index contributed by atoms with van der Waals surface area (Å²) >= 11 is 0. The lowest BCUT2D eigenvalue weighted by molar-refractivity contribution is -0.151. The van der Waals surface area contributed by atoms with E-state index in [1.807, 2.05) is 12.2 Å². The zero-order chi connectivity index (χ0) is 11.5. The number of nitrogens with zero attached hydrogens (tertiary/aromatic N) is 1. The molecule has 0 unspecified atom stereocenters. The van der Waals surface area contributed by atoms with Gasteiger partial charge in [-0.3, -0.25) is 9.59 Å². The van der Waals surface area contributed by atoms with Crippen molar-refractivity contribution in [3.05, 3.63) is 12.2 Å². The molecule has 0 aromatic rings. The van der Waals surface area contributed by atoms with Gasteiger partial charge in [0.15, 0.2) is 0 Å². The van der Waals surface area contributed by atoms with Gasteiger partial charge < -0.3 is 10.0 Å². The van der Waals surface area contributed by atoms with Gasteiger partial charge in [0.1, 0.15) is 0 Å². The van der Waals surface area contributed by atoms with E-state index in [1.54, 1.807) is 18.7 Å².